The number of hydrogen-bond donors (Lipinski definition) is 3. The van der Waals surface area contributed by atoms with E-state index < -0.39 is 0 Å². The lowest BCUT2D eigenvalue weighted by molar-refractivity contribution is -0.119. The summed E-state index contributed by atoms with van der Waals surface area (Å²) in [5, 5.41) is 9.05. The number of nitrogens with zero attached hydrogens (tertiary/aromatic N) is 1. The van der Waals surface area contributed by atoms with E-state index in [1.54, 1.807) is 19.9 Å². The topological polar surface area (TPSA) is 110 Å². The van der Waals surface area contributed by atoms with Gasteiger partial charge in [0.05, 0.1) is 11.0 Å². The molecule has 0 radical (unpaired) electrons. The normalized spacial score (nSPS) is 21.9. The molecule has 0 saturated heterocycles. The first-order chi connectivity index (χ1) is 11.0. The maximum absolute atomic E-state index is 12.0. The summed E-state index contributed by atoms with van der Waals surface area (Å²) in [6, 6.07) is 1.82. The molecule has 2 amide bonds. The molecule has 1 heterocycles. The van der Waals surface area contributed by atoms with Crippen LogP contribution in [0.1, 0.15) is 31.9 Å². The number of amides is 2. The Labute approximate surface area is 140 Å². The first-order valence-corrected chi connectivity index (χ1v) is 8.89. The van der Waals surface area contributed by atoms with E-state index in [0.717, 1.165) is 19.3 Å². The molecule has 1 fully saturated rings. The number of anilines is 1. The molecule has 128 valence electrons. The fraction of sp³-hybridized carbons (Fsp3) is 0.667. The second kappa shape index (κ2) is 8.35. The molecule has 0 spiro atoms. The highest BCUT2D eigenvalue weighted by Gasteiger charge is 2.27. The molecule has 2 rings (SSSR count). The van der Waals surface area contributed by atoms with Gasteiger partial charge >= 0.3 is 0 Å². The van der Waals surface area contributed by atoms with Gasteiger partial charge < -0.3 is 20.9 Å². The Morgan fingerprint density at radius 1 is 1.52 bits per heavy atom. The molecule has 23 heavy (non-hydrogen) atoms. The first-order valence-electron chi connectivity index (χ1n) is 7.84. The van der Waals surface area contributed by atoms with Crippen molar-refractivity contribution in [2.75, 3.05) is 17.6 Å². The summed E-state index contributed by atoms with van der Waals surface area (Å²) in [5.41, 5.74) is 5.71. The van der Waals surface area contributed by atoms with Crippen LogP contribution < -0.4 is 16.4 Å². The minimum atomic E-state index is -0.355. The Balaban J connectivity index is 1.71. The lowest BCUT2D eigenvalue weighted by atomic mass is 10.0. The highest BCUT2D eigenvalue weighted by Crippen LogP contribution is 2.24. The van der Waals surface area contributed by atoms with Crippen LogP contribution in [0, 0.1) is 12.8 Å². The molecule has 0 bridgehead atoms. The number of nitrogens with two attached hydrogens (primary N) is 1. The zero-order chi connectivity index (χ0) is 16.8. The van der Waals surface area contributed by atoms with Crippen molar-refractivity contribution in [2.45, 2.75) is 44.4 Å². The number of aryl methyl sites for hydroxylation is 1. The van der Waals surface area contributed by atoms with Crippen LogP contribution in [-0.2, 0) is 9.59 Å². The number of thioether (sulfide) groups is 1. The van der Waals surface area contributed by atoms with E-state index in [2.05, 4.69) is 15.8 Å². The zero-order valence-electron chi connectivity index (χ0n) is 13.5. The number of carbonyl (C=O) groups is 2. The molecule has 1 saturated carbocycles. The molecule has 1 aromatic heterocycles. The van der Waals surface area contributed by atoms with Gasteiger partial charge in [0.25, 0.3) is 0 Å². The molecule has 7 nitrogen and oxygen atoms in total. The molecule has 8 heteroatoms. The van der Waals surface area contributed by atoms with Gasteiger partial charge in [-0.1, -0.05) is 11.6 Å². The van der Waals surface area contributed by atoms with Crippen LogP contribution in [0.3, 0.4) is 0 Å². The highest BCUT2D eigenvalue weighted by molar-refractivity contribution is 8.01. The Morgan fingerprint density at radius 3 is 2.96 bits per heavy atom. The van der Waals surface area contributed by atoms with Gasteiger partial charge in [-0.15, -0.1) is 11.8 Å². The average Bonchev–Trinajstić information content (AvgIpc) is 3.13. The van der Waals surface area contributed by atoms with E-state index in [1.807, 2.05) is 0 Å². The van der Waals surface area contributed by atoms with Crippen molar-refractivity contribution in [3.05, 3.63) is 11.8 Å². The van der Waals surface area contributed by atoms with Crippen LogP contribution in [0.4, 0.5) is 5.82 Å². The zero-order valence-corrected chi connectivity index (χ0v) is 14.3. The van der Waals surface area contributed by atoms with E-state index in [4.69, 9.17) is 10.3 Å². The SMILES string of the molecule is Cc1cc(NC(=O)C(C)SCC(=O)NC2CCCC2CN)no1. The van der Waals surface area contributed by atoms with Crippen molar-refractivity contribution >= 4 is 29.4 Å². The van der Waals surface area contributed by atoms with Crippen molar-refractivity contribution in [3.63, 3.8) is 0 Å². The molecule has 4 N–H and O–H groups in total. The van der Waals surface area contributed by atoms with Crippen LogP contribution in [0.15, 0.2) is 10.6 Å². The predicted octanol–water partition coefficient (Wildman–Crippen LogP) is 1.29. The maximum Gasteiger partial charge on any atom is 0.238 e. The quantitative estimate of drug-likeness (QED) is 0.690. The van der Waals surface area contributed by atoms with E-state index in [0.29, 0.717) is 24.0 Å². The summed E-state index contributed by atoms with van der Waals surface area (Å²) in [7, 11) is 0. The molecule has 0 aromatic carbocycles. The van der Waals surface area contributed by atoms with Crippen LogP contribution in [-0.4, -0.2) is 40.6 Å². The molecule has 1 aromatic rings. The fourth-order valence-corrected chi connectivity index (χ4v) is 3.38. The Bertz CT molecular complexity index is 549. The molecular formula is C15H24N4O3S. The Hall–Kier alpha value is -1.54. The summed E-state index contributed by atoms with van der Waals surface area (Å²) in [4.78, 5) is 24.0. The summed E-state index contributed by atoms with van der Waals surface area (Å²) in [5.74, 6) is 1.40. The molecule has 3 unspecified atom stereocenters. The van der Waals surface area contributed by atoms with E-state index in [9.17, 15) is 9.59 Å². The second-order valence-corrected chi connectivity index (χ2v) is 7.20. The van der Waals surface area contributed by atoms with E-state index >= 15 is 0 Å². The van der Waals surface area contributed by atoms with Gasteiger partial charge in [0, 0.05) is 12.1 Å². The van der Waals surface area contributed by atoms with Crippen molar-refractivity contribution in [2.24, 2.45) is 11.7 Å². The van der Waals surface area contributed by atoms with Crippen LogP contribution in [0.2, 0.25) is 0 Å². The third-order valence-corrected chi connectivity index (χ3v) is 5.16. The van der Waals surface area contributed by atoms with Crippen LogP contribution in [0.25, 0.3) is 0 Å². The summed E-state index contributed by atoms with van der Waals surface area (Å²) in [6.07, 6.45) is 3.17. The molecule has 0 aliphatic heterocycles. The lowest BCUT2D eigenvalue weighted by Gasteiger charge is -2.19. The number of nitrogens with one attached hydrogen (secondary N) is 2. The fourth-order valence-electron chi connectivity index (χ4n) is 2.69. The largest absolute Gasteiger partial charge is 0.360 e. The molecular weight excluding hydrogens is 316 g/mol. The van der Waals surface area contributed by atoms with Crippen molar-refractivity contribution in [3.8, 4) is 0 Å². The minimum absolute atomic E-state index is 0.0442. The van der Waals surface area contributed by atoms with Crippen molar-refractivity contribution in [1.82, 2.24) is 10.5 Å². The summed E-state index contributed by atoms with van der Waals surface area (Å²) < 4.78 is 4.89. The Morgan fingerprint density at radius 2 is 2.30 bits per heavy atom. The van der Waals surface area contributed by atoms with Gasteiger partial charge in [-0.25, -0.2) is 0 Å². The molecule has 3 atom stereocenters. The van der Waals surface area contributed by atoms with Crippen molar-refractivity contribution in [1.29, 1.82) is 0 Å². The monoisotopic (exact) mass is 340 g/mol. The van der Waals surface area contributed by atoms with Crippen LogP contribution >= 0.6 is 11.8 Å². The number of aromatic nitrogens is 1. The van der Waals surface area contributed by atoms with Crippen molar-refractivity contribution < 1.29 is 14.1 Å². The van der Waals surface area contributed by atoms with Gasteiger partial charge in [0.2, 0.25) is 11.8 Å². The van der Waals surface area contributed by atoms with Gasteiger partial charge in [0.1, 0.15) is 5.76 Å². The standard InChI is InChI=1S/C15H24N4O3S/c1-9-6-13(19-22-9)18-15(21)10(2)23-8-14(20)17-12-5-3-4-11(12)7-16/h6,10-12H,3-5,7-8,16H2,1-2H3,(H,17,20)(H,18,19,21). The van der Waals surface area contributed by atoms with Gasteiger partial charge in [-0.2, -0.15) is 0 Å². The second-order valence-electron chi connectivity index (χ2n) is 5.87. The van der Waals surface area contributed by atoms with E-state index in [-0.39, 0.29) is 28.9 Å². The number of rotatable bonds is 7. The summed E-state index contributed by atoms with van der Waals surface area (Å²) in [6.45, 7) is 4.12. The summed E-state index contributed by atoms with van der Waals surface area (Å²) >= 11 is 1.30. The van der Waals surface area contributed by atoms with Gasteiger partial charge in [-0.3, -0.25) is 9.59 Å². The number of carbonyl (C=O) groups excluding carboxylic acids is 2. The molecule has 1 aliphatic carbocycles. The highest BCUT2D eigenvalue weighted by atomic mass is 32.2. The third kappa shape index (κ3) is 5.24. The van der Waals surface area contributed by atoms with Gasteiger partial charge in [0.15, 0.2) is 5.82 Å². The number of hydrogen-bond acceptors (Lipinski definition) is 6. The first kappa shape index (κ1) is 17.8. The third-order valence-electron chi connectivity index (χ3n) is 4.02. The van der Waals surface area contributed by atoms with Gasteiger partial charge in [-0.05, 0) is 39.2 Å². The Kier molecular flexibility index (Phi) is 6.47. The average molecular weight is 340 g/mol. The lowest BCUT2D eigenvalue weighted by Crippen LogP contribution is -2.41. The van der Waals surface area contributed by atoms with E-state index in [1.165, 1.54) is 11.8 Å². The predicted molar refractivity (Wildman–Crippen MR) is 90.1 cm³/mol. The molecule has 1 aliphatic rings. The van der Waals surface area contributed by atoms with Crippen LogP contribution in [0.5, 0.6) is 0 Å². The maximum atomic E-state index is 12.0. The smallest absolute Gasteiger partial charge is 0.238 e. The minimum Gasteiger partial charge on any atom is -0.360 e.